The second-order valence-corrected chi connectivity index (χ2v) is 2.40. The highest BCUT2D eigenvalue weighted by Gasteiger charge is 2.10. The highest BCUT2D eigenvalue weighted by molar-refractivity contribution is 6.39. The lowest BCUT2D eigenvalue weighted by Crippen LogP contribution is -2.32. The maximum atomic E-state index is 11.0. The fourth-order valence-electron chi connectivity index (χ4n) is 0.823. The number of nitrogens with one attached hydrogen (secondary N) is 2. The van der Waals surface area contributed by atoms with Gasteiger partial charge in [-0.3, -0.25) is 9.59 Å². The number of likely N-dealkylation sites (N-methyl/N-ethyl adjacent to an activating group) is 1. The van der Waals surface area contributed by atoms with Gasteiger partial charge in [0, 0.05) is 12.7 Å². The number of amides is 2. The Labute approximate surface area is 75.9 Å². The maximum Gasteiger partial charge on any atom is 0.313 e. The van der Waals surface area contributed by atoms with E-state index in [0.717, 1.165) is 0 Å². The third kappa shape index (κ3) is 2.59. The molecule has 4 nitrogen and oxygen atoms in total. The Hall–Kier alpha value is -1.84. The van der Waals surface area contributed by atoms with Crippen molar-refractivity contribution in [3.05, 3.63) is 30.3 Å². The summed E-state index contributed by atoms with van der Waals surface area (Å²) in [5.41, 5.74) is 0.608. The summed E-state index contributed by atoms with van der Waals surface area (Å²) in [5, 5.41) is 4.68. The minimum Gasteiger partial charge on any atom is -0.351 e. The molecule has 1 aromatic rings. The molecule has 0 fully saturated rings. The number of hydrogen-bond acceptors (Lipinski definition) is 2. The van der Waals surface area contributed by atoms with E-state index in [1.807, 2.05) is 6.07 Å². The smallest absolute Gasteiger partial charge is 0.313 e. The molecule has 0 aliphatic heterocycles. The second kappa shape index (κ2) is 4.25. The summed E-state index contributed by atoms with van der Waals surface area (Å²) in [5.74, 6) is -1.31. The van der Waals surface area contributed by atoms with Crippen molar-refractivity contribution in [2.75, 3.05) is 12.4 Å². The lowest BCUT2D eigenvalue weighted by atomic mass is 10.3. The van der Waals surface area contributed by atoms with Gasteiger partial charge in [0.15, 0.2) is 0 Å². The van der Waals surface area contributed by atoms with Crippen LogP contribution in [0.1, 0.15) is 0 Å². The Morgan fingerprint density at radius 3 is 2.23 bits per heavy atom. The van der Waals surface area contributed by atoms with Crippen LogP contribution in [0.2, 0.25) is 0 Å². The number of carbonyl (C=O) groups is 2. The lowest BCUT2D eigenvalue weighted by Gasteiger charge is -2.02. The van der Waals surface area contributed by atoms with Crippen LogP contribution in [0.4, 0.5) is 5.69 Å². The van der Waals surface area contributed by atoms with Gasteiger partial charge in [-0.05, 0) is 12.1 Å². The first-order chi connectivity index (χ1) is 6.24. The van der Waals surface area contributed by atoms with Crippen LogP contribution < -0.4 is 10.6 Å². The average Bonchev–Trinajstić information content (AvgIpc) is 2.18. The zero-order chi connectivity index (χ0) is 9.68. The number of carbonyl (C=O) groups excluding carboxylic acids is 2. The van der Waals surface area contributed by atoms with E-state index in [0.29, 0.717) is 5.69 Å². The summed E-state index contributed by atoms with van der Waals surface area (Å²) in [7, 11) is 1.41. The topological polar surface area (TPSA) is 58.2 Å². The summed E-state index contributed by atoms with van der Waals surface area (Å²) >= 11 is 0. The highest BCUT2D eigenvalue weighted by Crippen LogP contribution is 2.03. The van der Waals surface area contributed by atoms with Gasteiger partial charge in [-0.15, -0.1) is 0 Å². The van der Waals surface area contributed by atoms with Crippen LogP contribution in [0.15, 0.2) is 30.3 Å². The molecule has 0 aromatic heterocycles. The molecule has 0 radical (unpaired) electrons. The largest absolute Gasteiger partial charge is 0.351 e. The summed E-state index contributed by atoms with van der Waals surface area (Å²) in [4.78, 5) is 21.8. The van der Waals surface area contributed by atoms with E-state index < -0.39 is 11.8 Å². The first-order valence-electron chi connectivity index (χ1n) is 3.82. The van der Waals surface area contributed by atoms with Gasteiger partial charge in [-0.2, -0.15) is 0 Å². The van der Waals surface area contributed by atoms with Crippen molar-refractivity contribution in [2.24, 2.45) is 0 Å². The fraction of sp³-hybridized carbons (Fsp3) is 0.111. The third-order valence-corrected chi connectivity index (χ3v) is 1.46. The van der Waals surface area contributed by atoms with Crippen LogP contribution in [0.3, 0.4) is 0 Å². The first kappa shape index (κ1) is 9.25. The van der Waals surface area contributed by atoms with Gasteiger partial charge in [0.25, 0.3) is 0 Å². The Morgan fingerprint density at radius 2 is 1.69 bits per heavy atom. The summed E-state index contributed by atoms with van der Waals surface area (Å²) < 4.78 is 0. The molecule has 4 heteroatoms. The lowest BCUT2D eigenvalue weighted by molar-refractivity contribution is -0.135. The third-order valence-electron chi connectivity index (χ3n) is 1.46. The number of rotatable bonds is 1. The molecule has 0 aliphatic carbocycles. The predicted octanol–water partition coefficient (Wildman–Crippen LogP) is 0.371. The van der Waals surface area contributed by atoms with Crippen LogP contribution in [0.5, 0.6) is 0 Å². The molecule has 0 bridgehead atoms. The monoisotopic (exact) mass is 178 g/mol. The molecule has 13 heavy (non-hydrogen) atoms. The number of anilines is 1. The molecule has 0 aliphatic rings. The van der Waals surface area contributed by atoms with E-state index in [4.69, 9.17) is 0 Å². The first-order valence-corrected chi connectivity index (χ1v) is 3.82. The fourth-order valence-corrected chi connectivity index (χ4v) is 0.823. The summed E-state index contributed by atoms with van der Waals surface area (Å²) in [6, 6.07) is 8.80. The van der Waals surface area contributed by atoms with Crippen LogP contribution in [0.25, 0.3) is 0 Å². The van der Waals surface area contributed by atoms with Crippen molar-refractivity contribution >= 4 is 17.5 Å². The van der Waals surface area contributed by atoms with Gasteiger partial charge in [0.2, 0.25) is 0 Å². The molecule has 1 rings (SSSR count). The van der Waals surface area contributed by atoms with Crippen molar-refractivity contribution in [1.29, 1.82) is 0 Å². The molecule has 2 N–H and O–H groups in total. The van der Waals surface area contributed by atoms with Crippen molar-refractivity contribution < 1.29 is 9.59 Å². The van der Waals surface area contributed by atoms with E-state index in [9.17, 15) is 9.59 Å². The van der Waals surface area contributed by atoms with Crippen LogP contribution in [-0.4, -0.2) is 18.9 Å². The number of para-hydroxylation sites is 1. The van der Waals surface area contributed by atoms with Crippen molar-refractivity contribution in [1.82, 2.24) is 5.32 Å². The molecular formula is C9H10N2O2. The molecule has 0 unspecified atom stereocenters. The second-order valence-electron chi connectivity index (χ2n) is 2.40. The van der Waals surface area contributed by atoms with Crippen LogP contribution in [-0.2, 0) is 9.59 Å². The van der Waals surface area contributed by atoms with Gasteiger partial charge in [0.1, 0.15) is 0 Å². The van der Waals surface area contributed by atoms with Gasteiger partial charge in [-0.25, -0.2) is 0 Å². The van der Waals surface area contributed by atoms with E-state index in [1.54, 1.807) is 24.3 Å². The Kier molecular flexibility index (Phi) is 3.03. The molecule has 0 atom stereocenters. The molecule has 2 amide bonds. The minimum atomic E-state index is -0.659. The molecule has 0 spiro atoms. The average molecular weight is 178 g/mol. The normalized spacial score (nSPS) is 9.00. The Morgan fingerprint density at radius 1 is 1.08 bits per heavy atom. The molecule has 0 saturated heterocycles. The van der Waals surface area contributed by atoms with E-state index >= 15 is 0 Å². The Bertz CT molecular complexity index is 309. The van der Waals surface area contributed by atoms with Gasteiger partial charge in [0.05, 0.1) is 0 Å². The molecular weight excluding hydrogens is 168 g/mol. The van der Waals surface area contributed by atoms with Gasteiger partial charge < -0.3 is 10.6 Å². The van der Waals surface area contributed by atoms with E-state index in [1.165, 1.54) is 7.05 Å². The van der Waals surface area contributed by atoms with Crippen LogP contribution >= 0.6 is 0 Å². The van der Waals surface area contributed by atoms with E-state index in [-0.39, 0.29) is 0 Å². The number of benzene rings is 1. The van der Waals surface area contributed by atoms with E-state index in [2.05, 4.69) is 10.6 Å². The maximum absolute atomic E-state index is 11.0. The molecule has 0 heterocycles. The zero-order valence-electron chi connectivity index (χ0n) is 7.20. The van der Waals surface area contributed by atoms with Crippen molar-refractivity contribution in [3.63, 3.8) is 0 Å². The Balaban J connectivity index is 2.60. The van der Waals surface area contributed by atoms with Gasteiger partial charge in [-0.1, -0.05) is 18.2 Å². The van der Waals surface area contributed by atoms with Crippen LogP contribution in [0, 0.1) is 0 Å². The molecule has 0 saturated carbocycles. The summed E-state index contributed by atoms with van der Waals surface area (Å²) in [6.45, 7) is 0. The summed E-state index contributed by atoms with van der Waals surface area (Å²) in [6.07, 6.45) is 0. The van der Waals surface area contributed by atoms with Crippen molar-refractivity contribution in [2.45, 2.75) is 0 Å². The van der Waals surface area contributed by atoms with Gasteiger partial charge >= 0.3 is 11.8 Å². The number of hydrogen-bond donors (Lipinski definition) is 2. The predicted molar refractivity (Wildman–Crippen MR) is 49.1 cm³/mol. The highest BCUT2D eigenvalue weighted by atomic mass is 16.2. The standard InChI is InChI=1S/C9H10N2O2/c1-10-8(12)9(13)11-7-5-3-2-4-6-7/h2-6H,1H3,(H,10,12)(H,11,13). The molecule has 1 aromatic carbocycles. The SMILES string of the molecule is CNC(=O)C(=O)Nc1ccccc1. The molecule has 68 valence electrons. The van der Waals surface area contributed by atoms with Crippen molar-refractivity contribution in [3.8, 4) is 0 Å². The zero-order valence-corrected chi connectivity index (χ0v) is 7.20. The minimum absolute atomic E-state index is 0.608. The quantitative estimate of drug-likeness (QED) is 0.610.